The summed E-state index contributed by atoms with van der Waals surface area (Å²) in [6.07, 6.45) is 1.47. The van der Waals surface area contributed by atoms with Crippen molar-refractivity contribution in [3.05, 3.63) is 70.8 Å². The Labute approximate surface area is 210 Å². The molecule has 2 aromatic carbocycles. The highest BCUT2D eigenvalue weighted by Crippen LogP contribution is 2.34. The number of carbonyl (C=O) groups excluding carboxylic acids is 4. The lowest BCUT2D eigenvalue weighted by Gasteiger charge is -2.19. The molecule has 5 rings (SSSR count). The number of hydrogen-bond donors (Lipinski definition) is 1. The molecule has 182 valence electrons. The van der Waals surface area contributed by atoms with Crippen LogP contribution < -0.4 is 14.8 Å². The molecule has 0 atom stereocenters. The van der Waals surface area contributed by atoms with Crippen molar-refractivity contribution < 1.29 is 33.1 Å². The Kier molecular flexibility index (Phi) is 6.34. The molecule has 3 amide bonds. The molecule has 2 aliphatic heterocycles. The summed E-state index contributed by atoms with van der Waals surface area (Å²) in [5, 5.41) is 2.12. The van der Waals surface area contributed by atoms with Gasteiger partial charge in [0.2, 0.25) is 5.91 Å². The van der Waals surface area contributed by atoms with Crippen LogP contribution >= 0.6 is 11.8 Å². The number of thioether (sulfide) groups is 1. The number of nitrogens with one attached hydrogen (secondary N) is 1. The van der Waals surface area contributed by atoms with Gasteiger partial charge in [-0.05, 0) is 43.0 Å². The van der Waals surface area contributed by atoms with Crippen molar-refractivity contribution in [2.75, 3.05) is 25.1 Å². The topological polar surface area (TPSA) is 115 Å². The molecule has 3 heterocycles. The molecule has 2 aliphatic rings. The lowest BCUT2D eigenvalue weighted by molar-refractivity contribution is -0.127. The third-order valence-electron chi connectivity index (χ3n) is 5.48. The Morgan fingerprint density at radius 1 is 1.00 bits per heavy atom. The second kappa shape index (κ2) is 9.74. The summed E-state index contributed by atoms with van der Waals surface area (Å²) < 4.78 is 16.8. The predicted molar refractivity (Wildman–Crippen MR) is 133 cm³/mol. The van der Waals surface area contributed by atoms with Gasteiger partial charge >= 0.3 is 0 Å². The third-order valence-corrected chi connectivity index (χ3v) is 6.38. The van der Waals surface area contributed by atoms with Gasteiger partial charge in [0.1, 0.15) is 31.3 Å². The first-order chi connectivity index (χ1) is 17.4. The van der Waals surface area contributed by atoms with Crippen LogP contribution in [0.25, 0.3) is 17.4 Å². The van der Waals surface area contributed by atoms with Crippen LogP contribution in [-0.2, 0) is 9.59 Å². The third kappa shape index (κ3) is 4.89. The highest BCUT2D eigenvalue weighted by atomic mass is 32.2. The Bertz CT molecular complexity index is 1410. The summed E-state index contributed by atoms with van der Waals surface area (Å²) in [5.41, 5.74) is 1.83. The van der Waals surface area contributed by atoms with Crippen LogP contribution in [0.5, 0.6) is 11.5 Å². The number of ketones is 1. The predicted octanol–water partition coefficient (Wildman–Crippen LogP) is 4.60. The van der Waals surface area contributed by atoms with Crippen LogP contribution in [0.1, 0.15) is 23.0 Å². The second-order valence-corrected chi connectivity index (χ2v) is 9.00. The van der Waals surface area contributed by atoms with Crippen LogP contribution in [0.4, 0.5) is 10.5 Å². The molecular formula is C26H20N2O7S. The van der Waals surface area contributed by atoms with E-state index in [1.807, 2.05) is 0 Å². The van der Waals surface area contributed by atoms with E-state index in [4.69, 9.17) is 13.9 Å². The minimum absolute atomic E-state index is 0.0302. The van der Waals surface area contributed by atoms with Crippen molar-refractivity contribution in [3.8, 4) is 22.8 Å². The number of furan rings is 1. The van der Waals surface area contributed by atoms with E-state index in [-0.39, 0.29) is 10.7 Å². The highest BCUT2D eigenvalue weighted by Gasteiger charge is 2.36. The lowest BCUT2D eigenvalue weighted by Crippen LogP contribution is -2.36. The number of ether oxygens (including phenoxy) is 2. The van der Waals surface area contributed by atoms with Gasteiger partial charge in [0.25, 0.3) is 11.1 Å². The minimum Gasteiger partial charge on any atom is -0.486 e. The second-order valence-electron chi connectivity index (χ2n) is 8.01. The molecule has 0 radical (unpaired) electrons. The molecule has 0 spiro atoms. The zero-order valence-corrected chi connectivity index (χ0v) is 19.9. The van der Waals surface area contributed by atoms with Crippen molar-refractivity contribution in [1.82, 2.24) is 4.90 Å². The summed E-state index contributed by atoms with van der Waals surface area (Å²) >= 11 is 0.738. The fraction of sp³-hybridized carbons (Fsp3) is 0.154. The normalized spacial score (nSPS) is 15.9. The molecule has 0 unspecified atom stereocenters. The number of hydrogen-bond acceptors (Lipinski definition) is 8. The standard InChI is InChI=1S/C26H20N2O7S/c1-15(29)16-2-4-17(5-3-16)20-9-7-19(35-20)13-23-25(31)28(26(32)36-23)14-24(30)27-18-6-8-21-22(12-18)34-11-10-33-21/h2-9,12-13H,10-11,14H2,1H3,(H,27,30)/b23-13+. The lowest BCUT2D eigenvalue weighted by atomic mass is 10.1. The molecular weight excluding hydrogens is 484 g/mol. The number of nitrogens with zero attached hydrogens (tertiary/aromatic N) is 1. The van der Waals surface area contributed by atoms with Crippen LogP contribution in [0.15, 0.2) is 63.9 Å². The van der Waals surface area contributed by atoms with Gasteiger partial charge in [0.05, 0.1) is 4.91 Å². The van der Waals surface area contributed by atoms with Crippen LogP contribution in [0.2, 0.25) is 0 Å². The number of fused-ring (bicyclic) bond motifs is 1. The highest BCUT2D eigenvalue weighted by molar-refractivity contribution is 8.18. The summed E-state index contributed by atoms with van der Waals surface area (Å²) in [5.74, 6) is 0.902. The Balaban J connectivity index is 1.24. The number of imide groups is 1. The summed E-state index contributed by atoms with van der Waals surface area (Å²) in [7, 11) is 0. The van der Waals surface area contributed by atoms with E-state index in [1.54, 1.807) is 54.6 Å². The van der Waals surface area contributed by atoms with Crippen LogP contribution in [0.3, 0.4) is 0 Å². The molecule has 10 heteroatoms. The molecule has 1 saturated heterocycles. The van der Waals surface area contributed by atoms with Crippen LogP contribution in [-0.4, -0.2) is 47.5 Å². The molecule has 1 N–H and O–H groups in total. The smallest absolute Gasteiger partial charge is 0.294 e. The molecule has 9 nitrogen and oxygen atoms in total. The van der Waals surface area contributed by atoms with Gasteiger partial charge in [-0.1, -0.05) is 24.3 Å². The first kappa shape index (κ1) is 23.4. The number of anilines is 1. The molecule has 1 fully saturated rings. The van der Waals surface area contributed by atoms with E-state index in [1.165, 1.54) is 13.0 Å². The first-order valence-corrected chi connectivity index (χ1v) is 11.8. The number of rotatable bonds is 6. The van der Waals surface area contributed by atoms with Crippen molar-refractivity contribution in [3.63, 3.8) is 0 Å². The summed E-state index contributed by atoms with van der Waals surface area (Å²) in [6, 6.07) is 15.3. The van der Waals surface area contributed by atoms with Gasteiger partial charge < -0.3 is 19.2 Å². The number of benzene rings is 2. The fourth-order valence-electron chi connectivity index (χ4n) is 3.69. The van der Waals surface area contributed by atoms with E-state index >= 15 is 0 Å². The largest absolute Gasteiger partial charge is 0.486 e. The summed E-state index contributed by atoms with van der Waals surface area (Å²) in [4.78, 5) is 50.2. The van der Waals surface area contributed by atoms with E-state index in [0.717, 1.165) is 22.2 Å². The van der Waals surface area contributed by atoms with Crippen molar-refractivity contribution in [1.29, 1.82) is 0 Å². The molecule has 0 saturated carbocycles. The van der Waals surface area contributed by atoms with E-state index < -0.39 is 23.6 Å². The molecule has 0 bridgehead atoms. The van der Waals surface area contributed by atoms with Gasteiger partial charge in [0, 0.05) is 29.0 Å². The van der Waals surface area contributed by atoms with Gasteiger partial charge in [-0.15, -0.1) is 0 Å². The zero-order valence-electron chi connectivity index (χ0n) is 19.1. The van der Waals surface area contributed by atoms with Crippen LogP contribution in [0, 0.1) is 0 Å². The average molecular weight is 505 g/mol. The Morgan fingerprint density at radius 3 is 2.50 bits per heavy atom. The Hall–Kier alpha value is -4.31. The number of amides is 3. The van der Waals surface area contributed by atoms with Crippen molar-refractivity contribution >= 4 is 46.4 Å². The van der Waals surface area contributed by atoms with E-state index in [2.05, 4.69) is 5.32 Å². The average Bonchev–Trinajstić information content (AvgIpc) is 3.44. The molecule has 0 aliphatic carbocycles. The SMILES string of the molecule is CC(=O)c1ccc(-c2ccc(/C=C3/SC(=O)N(CC(=O)Nc4ccc5c(c4)OCCO5)C3=O)o2)cc1. The monoisotopic (exact) mass is 504 g/mol. The maximum absolute atomic E-state index is 12.8. The molecule has 1 aromatic heterocycles. The Morgan fingerprint density at radius 2 is 1.75 bits per heavy atom. The number of Topliss-reactive ketones (excluding diaryl/α,β-unsaturated/α-hetero) is 1. The van der Waals surface area contributed by atoms with E-state index in [0.29, 0.717) is 47.5 Å². The van der Waals surface area contributed by atoms with Crippen molar-refractivity contribution in [2.24, 2.45) is 0 Å². The zero-order chi connectivity index (χ0) is 25.2. The fourth-order valence-corrected chi connectivity index (χ4v) is 4.50. The molecule has 3 aromatic rings. The first-order valence-electron chi connectivity index (χ1n) is 11.0. The van der Waals surface area contributed by atoms with Gasteiger partial charge in [-0.3, -0.25) is 24.1 Å². The van der Waals surface area contributed by atoms with Gasteiger partial charge in [-0.25, -0.2) is 0 Å². The van der Waals surface area contributed by atoms with Gasteiger partial charge in [-0.2, -0.15) is 0 Å². The maximum atomic E-state index is 12.8. The number of carbonyl (C=O) groups is 4. The van der Waals surface area contributed by atoms with Gasteiger partial charge in [0.15, 0.2) is 17.3 Å². The molecule has 36 heavy (non-hydrogen) atoms. The summed E-state index contributed by atoms with van der Waals surface area (Å²) in [6.45, 7) is 1.94. The minimum atomic E-state index is -0.578. The maximum Gasteiger partial charge on any atom is 0.294 e. The quantitative estimate of drug-likeness (QED) is 0.383. The van der Waals surface area contributed by atoms with E-state index in [9.17, 15) is 19.2 Å². The van der Waals surface area contributed by atoms with Crippen molar-refractivity contribution in [2.45, 2.75) is 6.92 Å².